The Morgan fingerprint density at radius 1 is 1.04 bits per heavy atom. The van der Waals surface area contributed by atoms with Gasteiger partial charge in [0.1, 0.15) is 23.9 Å². The topological polar surface area (TPSA) is 49.2 Å². The number of H-pyrrole nitrogens is 1. The van der Waals surface area contributed by atoms with Gasteiger partial charge in [-0.15, -0.1) is 0 Å². The third kappa shape index (κ3) is 3.04. The maximum Gasteiger partial charge on any atom is 0.156 e. The van der Waals surface area contributed by atoms with E-state index in [9.17, 15) is 0 Å². The summed E-state index contributed by atoms with van der Waals surface area (Å²) in [7, 11) is 0. The highest BCUT2D eigenvalue weighted by molar-refractivity contribution is 6.08. The molecule has 0 amide bonds. The van der Waals surface area contributed by atoms with Gasteiger partial charge < -0.3 is 14.8 Å². The molecule has 0 radical (unpaired) electrons. The lowest BCUT2D eigenvalue weighted by atomic mass is 10.1. The SMILES string of the molecule is Cc1ccc2[nH]c3c(N4CC[NH+](Cc5ccccc5)CC4)ncnc3c2c1. The Morgan fingerprint density at radius 2 is 1.85 bits per heavy atom. The monoisotopic (exact) mass is 358 g/mol. The number of hydrogen-bond acceptors (Lipinski definition) is 3. The number of hydrogen-bond donors (Lipinski definition) is 2. The molecule has 1 saturated heterocycles. The average Bonchev–Trinajstić information content (AvgIpc) is 3.07. The van der Waals surface area contributed by atoms with Crippen LogP contribution in [0.4, 0.5) is 5.82 Å². The number of rotatable bonds is 3. The summed E-state index contributed by atoms with van der Waals surface area (Å²) < 4.78 is 0. The van der Waals surface area contributed by atoms with Gasteiger partial charge in [0.2, 0.25) is 0 Å². The molecule has 2 aromatic carbocycles. The molecule has 1 fully saturated rings. The number of nitrogens with zero attached hydrogens (tertiary/aromatic N) is 3. The van der Waals surface area contributed by atoms with Crippen LogP contribution >= 0.6 is 0 Å². The fourth-order valence-electron chi connectivity index (χ4n) is 4.13. The molecule has 0 atom stereocenters. The van der Waals surface area contributed by atoms with E-state index in [1.165, 1.54) is 16.5 Å². The summed E-state index contributed by atoms with van der Waals surface area (Å²) in [5.74, 6) is 1.03. The fourth-order valence-corrected chi connectivity index (χ4v) is 4.13. The van der Waals surface area contributed by atoms with Crippen LogP contribution in [0.2, 0.25) is 0 Å². The Bertz CT molecular complexity index is 1080. The molecule has 3 heterocycles. The van der Waals surface area contributed by atoms with Crippen LogP contribution in [0.15, 0.2) is 54.9 Å². The minimum Gasteiger partial charge on any atom is -0.350 e. The van der Waals surface area contributed by atoms with Crippen LogP contribution in [0.3, 0.4) is 0 Å². The molecule has 2 aromatic heterocycles. The van der Waals surface area contributed by atoms with Crippen molar-refractivity contribution in [3.63, 3.8) is 0 Å². The first-order valence-electron chi connectivity index (χ1n) is 9.63. The van der Waals surface area contributed by atoms with Crippen molar-refractivity contribution in [2.24, 2.45) is 0 Å². The second-order valence-electron chi connectivity index (χ2n) is 7.49. The normalized spacial score (nSPS) is 15.7. The highest BCUT2D eigenvalue weighted by atomic mass is 15.3. The van der Waals surface area contributed by atoms with Crippen molar-refractivity contribution < 1.29 is 4.90 Å². The standard InChI is InChI=1S/C22H23N5/c1-16-7-8-19-18(13-16)20-21(25-19)22(24-15-23-20)27-11-9-26(10-12-27)14-17-5-3-2-4-6-17/h2-8,13,15,25H,9-12,14H2,1H3/p+1. The highest BCUT2D eigenvalue weighted by Gasteiger charge is 2.23. The molecule has 0 saturated carbocycles. The van der Waals surface area contributed by atoms with Crippen LogP contribution in [0.25, 0.3) is 21.9 Å². The number of aromatic amines is 1. The average molecular weight is 358 g/mol. The number of quaternary nitrogens is 1. The maximum atomic E-state index is 4.63. The van der Waals surface area contributed by atoms with E-state index in [4.69, 9.17) is 0 Å². The number of aryl methyl sites for hydroxylation is 1. The minimum atomic E-state index is 1.02. The van der Waals surface area contributed by atoms with E-state index in [-0.39, 0.29) is 0 Å². The zero-order valence-corrected chi connectivity index (χ0v) is 15.6. The van der Waals surface area contributed by atoms with Gasteiger partial charge in [0, 0.05) is 16.5 Å². The molecule has 27 heavy (non-hydrogen) atoms. The van der Waals surface area contributed by atoms with Gasteiger partial charge in [-0.1, -0.05) is 42.0 Å². The molecule has 4 aromatic rings. The largest absolute Gasteiger partial charge is 0.350 e. The second-order valence-corrected chi connectivity index (χ2v) is 7.49. The van der Waals surface area contributed by atoms with Crippen molar-refractivity contribution in [2.75, 3.05) is 31.1 Å². The van der Waals surface area contributed by atoms with Gasteiger partial charge in [-0.2, -0.15) is 0 Å². The van der Waals surface area contributed by atoms with Crippen molar-refractivity contribution in [2.45, 2.75) is 13.5 Å². The number of fused-ring (bicyclic) bond motifs is 3. The molecule has 5 rings (SSSR count). The Balaban J connectivity index is 1.39. The molecule has 136 valence electrons. The molecule has 0 spiro atoms. The fraction of sp³-hybridized carbons (Fsp3) is 0.273. The summed E-state index contributed by atoms with van der Waals surface area (Å²) in [6, 6.07) is 17.3. The molecule has 0 unspecified atom stereocenters. The predicted molar refractivity (Wildman–Crippen MR) is 109 cm³/mol. The summed E-state index contributed by atoms with van der Waals surface area (Å²) in [6.45, 7) is 7.50. The Morgan fingerprint density at radius 3 is 2.67 bits per heavy atom. The van der Waals surface area contributed by atoms with Gasteiger partial charge in [0.15, 0.2) is 5.82 Å². The van der Waals surface area contributed by atoms with Gasteiger partial charge in [-0.3, -0.25) is 0 Å². The lowest BCUT2D eigenvalue weighted by Crippen LogP contribution is -3.13. The van der Waals surface area contributed by atoms with Crippen molar-refractivity contribution in [3.05, 3.63) is 66.0 Å². The summed E-state index contributed by atoms with van der Waals surface area (Å²) in [5, 5.41) is 1.18. The van der Waals surface area contributed by atoms with Crippen molar-refractivity contribution >= 4 is 27.8 Å². The molecule has 5 nitrogen and oxygen atoms in total. The molecule has 2 N–H and O–H groups in total. The van der Waals surface area contributed by atoms with Gasteiger partial charge in [0.25, 0.3) is 0 Å². The van der Waals surface area contributed by atoms with Crippen LogP contribution in [-0.4, -0.2) is 41.1 Å². The van der Waals surface area contributed by atoms with Gasteiger partial charge in [-0.25, -0.2) is 9.97 Å². The smallest absolute Gasteiger partial charge is 0.156 e. The summed E-state index contributed by atoms with van der Waals surface area (Å²) >= 11 is 0. The van der Waals surface area contributed by atoms with Crippen LogP contribution in [-0.2, 0) is 6.54 Å². The van der Waals surface area contributed by atoms with Crippen LogP contribution < -0.4 is 9.80 Å². The Kier molecular flexibility index (Phi) is 4.02. The number of nitrogens with one attached hydrogen (secondary N) is 2. The third-order valence-electron chi connectivity index (χ3n) is 5.58. The first-order valence-corrected chi connectivity index (χ1v) is 9.63. The van der Waals surface area contributed by atoms with Crippen LogP contribution in [0, 0.1) is 6.92 Å². The highest BCUT2D eigenvalue weighted by Crippen LogP contribution is 2.29. The quantitative estimate of drug-likeness (QED) is 0.591. The first-order chi connectivity index (χ1) is 13.3. The van der Waals surface area contributed by atoms with Crippen LogP contribution in [0.1, 0.15) is 11.1 Å². The molecule has 1 aliphatic rings. The van der Waals surface area contributed by atoms with Gasteiger partial charge in [-0.05, 0) is 19.1 Å². The number of aromatic nitrogens is 3. The predicted octanol–water partition coefficient (Wildman–Crippen LogP) is 2.32. The number of benzene rings is 2. The van der Waals surface area contributed by atoms with Crippen molar-refractivity contribution in [1.29, 1.82) is 0 Å². The summed E-state index contributed by atoms with van der Waals surface area (Å²) in [6.07, 6.45) is 1.70. The second kappa shape index (κ2) is 6.67. The third-order valence-corrected chi connectivity index (χ3v) is 5.58. The zero-order valence-electron chi connectivity index (χ0n) is 15.6. The van der Waals surface area contributed by atoms with Crippen molar-refractivity contribution in [3.8, 4) is 0 Å². The summed E-state index contributed by atoms with van der Waals surface area (Å²) in [5.41, 5.74) is 5.88. The van der Waals surface area contributed by atoms with E-state index in [0.717, 1.165) is 55.1 Å². The number of piperazine rings is 1. The molecule has 5 heteroatoms. The van der Waals surface area contributed by atoms with E-state index < -0.39 is 0 Å². The number of anilines is 1. The van der Waals surface area contributed by atoms with Gasteiger partial charge in [0.05, 0.1) is 26.2 Å². The molecular weight excluding hydrogens is 334 g/mol. The lowest BCUT2D eigenvalue weighted by Gasteiger charge is -2.33. The van der Waals surface area contributed by atoms with Crippen LogP contribution in [0.5, 0.6) is 0 Å². The minimum absolute atomic E-state index is 1.02. The molecule has 0 aliphatic carbocycles. The van der Waals surface area contributed by atoms with E-state index in [1.807, 2.05) is 0 Å². The summed E-state index contributed by atoms with van der Waals surface area (Å²) in [4.78, 5) is 16.8. The Labute approximate surface area is 158 Å². The first kappa shape index (κ1) is 16.3. The van der Waals surface area contributed by atoms with Gasteiger partial charge >= 0.3 is 0 Å². The maximum absolute atomic E-state index is 4.63. The molecule has 1 aliphatic heterocycles. The van der Waals surface area contributed by atoms with E-state index >= 15 is 0 Å². The van der Waals surface area contributed by atoms with E-state index in [0.29, 0.717) is 0 Å². The molecule has 0 bridgehead atoms. The van der Waals surface area contributed by atoms with Crippen molar-refractivity contribution in [1.82, 2.24) is 15.0 Å². The molecular formula is C22H24N5+. The van der Waals surface area contributed by atoms with E-state index in [2.05, 4.69) is 75.3 Å². The Hall–Kier alpha value is -2.92. The van der Waals surface area contributed by atoms with E-state index in [1.54, 1.807) is 11.2 Å². The lowest BCUT2D eigenvalue weighted by molar-refractivity contribution is -0.914. The zero-order chi connectivity index (χ0) is 18.2.